The molecule has 2 aromatic rings. The fourth-order valence-corrected chi connectivity index (χ4v) is 1.76. The van der Waals surface area contributed by atoms with Crippen molar-refractivity contribution in [2.75, 3.05) is 6.61 Å². The molecule has 0 atom stereocenters. The van der Waals surface area contributed by atoms with Gasteiger partial charge in [-0.05, 0) is 25.1 Å². The van der Waals surface area contributed by atoms with E-state index >= 15 is 0 Å². The van der Waals surface area contributed by atoms with Crippen LogP contribution in [0.1, 0.15) is 12.6 Å². The van der Waals surface area contributed by atoms with Crippen molar-refractivity contribution in [1.82, 2.24) is 4.98 Å². The lowest BCUT2D eigenvalue weighted by molar-refractivity contribution is 0.338. The zero-order chi connectivity index (χ0) is 13.7. The highest BCUT2D eigenvalue weighted by Gasteiger charge is 2.05. The Balaban J connectivity index is 2.18. The molecule has 0 radical (unpaired) electrons. The molecule has 0 saturated heterocycles. The van der Waals surface area contributed by atoms with Crippen LogP contribution in [0.25, 0.3) is 0 Å². The van der Waals surface area contributed by atoms with Gasteiger partial charge < -0.3 is 15.2 Å². The van der Waals surface area contributed by atoms with Gasteiger partial charge in [0.2, 0.25) is 5.88 Å². The van der Waals surface area contributed by atoms with Crippen molar-refractivity contribution in [2.45, 2.75) is 13.5 Å². The Morgan fingerprint density at radius 2 is 2.00 bits per heavy atom. The van der Waals surface area contributed by atoms with E-state index < -0.39 is 0 Å². The number of rotatable bonds is 5. The Labute approximate surface area is 117 Å². The van der Waals surface area contributed by atoms with Crippen molar-refractivity contribution >= 4 is 11.6 Å². The van der Waals surface area contributed by atoms with Crippen molar-refractivity contribution in [3.05, 3.63) is 47.1 Å². The highest BCUT2D eigenvalue weighted by atomic mass is 35.5. The first-order valence-electron chi connectivity index (χ1n) is 5.99. The van der Waals surface area contributed by atoms with Crippen LogP contribution in [-0.4, -0.2) is 11.6 Å². The Kier molecular flexibility index (Phi) is 4.60. The lowest BCUT2D eigenvalue weighted by Crippen LogP contribution is -2.01. The van der Waals surface area contributed by atoms with Crippen LogP contribution in [0.4, 0.5) is 0 Å². The first-order valence-corrected chi connectivity index (χ1v) is 6.37. The van der Waals surface area contributed by atoms with Gasteiger partial charge in [-0.25, -0.2) is 4.98 Å². The molecule has 2 N–H and O–H groups in total. The normalized spacial score (nSPS) is 10.3. The molecule has 0 aliphatic carbocycles. The standard InChI is InChI=1S/C14H15ClN2O2/c1-2-18-10-4-3-5-11(8-10)19-14-7-6-12(15)13(9-16)17-14/h3-8H,2,9,16H2,1H3. The number of aromatic nitrogens is 1. The smallest absolute Gasteiger partial charge is 0.219 e. The van der Waals surface area contributed by atoms with E-state index in [-0.39, 0.29) is 6.54 Å². The average molecular weight is 279 g/mol. The summed E-state index contributed by atoms with van der Waals surface area (Å²) in [5, 5.41) is 0.540. The minimum absolute atomic E-state index is 0.273. The number of ether oxygens (including phenoxy) is 2. The SMILES string of the molecule is CCOc1cccc(Oc2ccc(Cl)c(CN)n2)c1. The van der Waals surface area contributed by atoms with Crippen molar-refractivity contribution in [3.63, 3.8) is 0 Å². The zero-order valence-corrected chi connectivity index (χ0v) is 11.4. The van der Waals surface area contributed by atoms with Gasteiger partial charge in [-0.1, -0.05) is 17.7 Å². The number of nitrogens with zero attached hydrogens (tertiary/aromatic N) is 1. The third kappa shape index (κ3) is 3.59. The van der Waals surface area contributed by atoms with Gasteiger partial charge in [-0.2, -0.15) is 0 Å². The van der Waals surface area contributed by atoms with Crippen LogP contribution >= 0.6 is 11.6 Å². The largest absolute Gasteiger partial charge is 0.494 e. The number of nitrogens with two attached hydrogens (primary N) is 1. The van der Waals surface area contributed by atoms with Gasteiger partial charge in [0, 0.05) is 18.7 Å². The molecule has 0 unspecified atom stereocenters. The van der Waals surface area contributed by atoms with E-state index in [1.54, 1.807) is 12.1 Å². The molecular formula is C14H15ClN2O2. The van der Waals surface area contributed by atoms with Crippen molar-refractivity contribution in [1.29, 1.82) is 0 Å². The molecule has 1 heterocycles. The monoisotopic (exact) mass is 278 g/mol. The van der Waals surface area contributed by atoms with E-state index in [9.17, 15) is 0 Å². The van der Waals surface area contributed by atoms with Crippen molar-refractivity contribution in [2.24, 2.45) is 5.73 Å². The Morgan fingerprint density at radius 1 is 1.21 bits per heavy atom. The predicted molar refractivity (Wildman–Crippen MR) is 74.8 cm³/mol. The molecule has 0 amide bonds. The summed E-state index contributed by atoms with van der Waals surface area (Å²) in [4.78, 5) is 4.24. The minimum atomic E-state index is 0.273. The highest BCUT2D eigenvalue weighted by molar-refractivity contribution is 6.31. The minimum Gasteiger partial charge on any atom is -0.494 e. The van der Waals surface area contributed by atoms with Gasteiger partial charge in [0.25, 0.3) is 0 Å². The second-order valence-corrected chi connectivity index (χ2v) is 4.20. The van der Waals surface area contributed by atoms with E-state index in [1.807, 2.05) is 31.2 Å². The van der Waals surface area contributed by atoms with Gasteiger partial charge in [0.05, 0.1) is 17.3 Å². The highest BCUT2D eigenvalue weighted by Crippen LogP contribution is 2.25. The van der Waals surface area contributed by atoms with E-state index in [1.165, 1.54) is 0 Å². The fraction of sp³-hybridized carbons (Fsp3) is 0.214. The molecule has 1 aromatic carbocycles. The molecule has 19 heavy (non-hydrogen) atoms. The number of pyridine rings is 1. The van der Waals surface area contributed by atoms with E-state index in [2.05, 4.69) is 4.98 Å². The third-order valence-corrected chi connectivity index (χ3v) is 2.77. The van der Waals surface area contributed by atoms with Crippen LogP contribution in [0.3, 0.4) is 0 Å². The fourth-order valence-electron chi connectivity index (χ4n) is 1.58. The lowest BCUT2D eigenvalue weighted by atomic mass is 10.3. The molecule has 5 heteroatoms. The molecule has 0 fully saturated rings. The maximum atomic E-state index is 5.95. The number of benzene rings is 1. The quantitative estimate of drug-likeness (QED) is 0.911. The Hall–Kier alpha value is -1.78. The second kappa shape index (κ2) is 6.41. The third-order valence-electron chi connectivity index (χ3n) is 2.43. The summed E-state index contributed by atoms with van der Waals surface area (Å²) < 4.78 is 11.1. The summed E-state index contributed by atoms with van der Waals surface area (Å²) in [5.74, 6) is 1.87. The van der Waals surface area contributed by atoms with Gasteiger partial charge in [0.15, 0.2) is 0 Å². The molecule has 4 nitrogen and oxygen atoms in total. The summed E-state index contributed by atoms with van der Waals surface area (Å²) in [6.45, 7) is 2.82. The first kappa shape index (κ1) is 13.6. The van der Waals surface area contributed by atoms with Crippen molar-refractivity contribution < 1.29 is 9.47 Å². The summed E-state index contributed by atoms with van der Waals surface area (Å²) in [6, 6.07) is 10.8. The molecule has 100 valence electrons. The van der Waals surface area contributed by atoms with E-state index in [0.29, 0.717) is 29.0 Å². The van der Waals surface area contributed by atoms with Crippen molar-refractivity contribution in [3.8, 4) is 17.4 Å². The van der Waals surface area contributed by atoms with Crippen LogP contribution in [-0.2, 0) is 6.54 Å². The van der Waals surface area contributed by atoms with Gasteiger partial charge in [-0.15, -0.1) is 0 Å². The maximum Gasteiger partial charge on any atom is 0.219 e. The molecule has 1 aromatic heterocycles. The lowest BCUT2D eigenvalue weighted by Gasteiger charge is -2.09. The average Bonchev–Trinajstić information content (AvgIpc) is 2.42. The Morgan fingerprint density at radius 3 is 2.74 bits per heavy atom. The molecule has 0 bridgehead atoms. The summed E-state index contributed by atoms with van der Waals surface area (Å²) in [7, 11) is 0. The summed E-state index contributed by atoms with van der Waals surface area (Å²) in [5.41, 5.74) is 6.17. The number of halogens is 1. The van der Waals surface area contributed by atoms with Gasteiger partial charge in [-0.3, -0.25) is 0 Å². The first-order chi connectivity index (χ1) is 9.22. The van der Waals surface area contributed by atoms with Crippen LogP contribution in [0.2, 0.25) is 5.02 Å². The van der Waals surface area contributed by atoms with Crippen LogP contribution < -0.4 is 15.2 Å². The molecule has 0 aliphatic heterocycles. The molecule has 0 saturated carbocycles. The summed E-state index contributed by atoms with van der Waals surface area (Å²) >= 11 is 5.95. The van der Waals surface area contributed by atoms with Gasteiger partial charge in [0.1, 0.15) is 11.5 Å². The molecule has 0 aliphatic rings. The van der Waals surface area contributed by atoms with Crippen LogP contribution in [0, 0.1) is 0 Å². The second-order valence-electron chi connectivity index (χ2n) is 3.79. The van der Waals surface area contributed by atoms with E-state index in [0.717, 1.165) is 5.75 Å². The Bertz CT molecular complexity index is 561. The van der Waals surface area contributed by atoms with Gasteiger partial charge >= 0.3 is 0 Å². The maximum absolute atomic E-state index is 5.95. The van der Waals surface area contributed by atoms with E-state index in [4.69, 9.17) is 26.8 Å². The number of hydrogen-bond donors (Lipinski definition) is 1. The predicted octanol–water partition coefficient (Wildman–Crippen LogP) is 3.38. The molecular weight excluding hydrogens is 264 g/mol. The molecule has 0 spiro atoms. The molecule has 2 rings (SSSR count). The van der Waals surface area contributed by atoms with Crippen LogP contribution in [0.15, 0.2) is 36.4 Å². The summed E-state index contributed by atoms with van der Waals surface area (Å²) in [6.07, 6.45) is 0. The number of hydrogen-bond acceptors (Lipinski definition) is 4. The van der Waals surface area contributed by atoms with Crippen LogP contribution in [0.5, 0.6) is 17.4 Å². The zero-order valence-electron chi connectivity index (χ0n) is 10.6. The topological polar surface area (TPSA) is 57.4 Å².